The Morgan fingerprint density at radius 2 is 2.35 bits per heavy atom. The Morgan fingerprint density at radius 3 is 3.00 bits per heavy atom. The fraction of sp³-hybridized carbons (Fsp3) is 0.417. The van der Waals surface area contributed by atoms with Crippen LogP contribution in [0.2, 0.25) is 6.82 Å². The van der Waals surface area contributed by atoms with Gasteiger partial charge in [-0.25, -0.2) is 0 Å². The van der Waals surface area contributed by atoms with Crippen LogP contribution < -0.4 is 11.2 Å². The van der Waals surface area contributed by atoms with Gasteiger partial charge in [0, 0.05) is 11.4 Å². The smallest absolute Gasteiger partial charge is 0.324 e. The van der Waals surface area contributed by atoms with Crippen molar-refractivity contribution >= 4 is 29.9 Å². The van der Waals surface area contributed by atoms with Crippen molar-refractivity contribution in [2.75, 3.05) is 12.3 Å². The van der Waals surface area contributed by atoms with E-state index in [1.165, 1.54) is 11.0 Å². The van der Waals surface area contributed by atoms with Crippen molar-refractivity contribution in [1.29, 1.82) is 0 Å². The molecular formula is C12H16BNO2S. The Kier molecular flexibility index (Phi) is 3.91. The molecule has 1 heterocycles. The molecule has 17 heavy (non-hydrogen) atoms. The third kappa shape index (κ3) is 2.73. The van der Waals surface area contributed by atoms with Crippen molar-refractivity contribution in [2.24, 2.45) is 5.73 Å². The summed E-state index contributed by atoms with van der Waals surface area (Å²) in [5, 5.41) is 0. The van der Waals surface area contributed by atoms with Crippen LogP contribution >= 0.6 is 11.8 Å². The molecule has 0 radical (unpaired) electrons. The molecule has 0 spiro atoms. The van der Waals surface area contributed by atoms with E-state index < -0.39 is 0 Å². The van der Waals surface area contributed by atoms with Crippen LogP contribution in [0.4, 0.5) is 0 Å². The molecule has 1 aromatic carbocycles. The zero-order valence-electron chi connectivity index (χ0n) is 10.1. The molecule has 0 bridgehead atoms. The van der Waals surface area contributed by atoms with Crippen molar-refractivity contribution in [3.8, 4) is 0 Å². The van der Waals surface area contributed by atoms with E-state index in [1.807, 2.05) is 12.9 Å². The molecule has 2 N–H and O–H groups in total. The molecule has 90 valence electrons. The largest absolute Gasteiger partial charge is 0.423 e. The van der Waals surface area contributed by atoms with Gasteiger partial charge in [0.25, 0.3) is 0 Å². The summed E-state index contributed by atoms with van der Waals surface area (Å²) < 4.78 is 5.76. The van der Waals surface area contributed by atoms with Gasteiger partial charge in [-0.3, -0.25) is 4.79 Å². The van der Waals surface area contributed by atoms with E-state index in [2.05, 4.69) is 12.1 Å². The number of fused-ring (bicyclic) bond motifs is 1. The van der Waals surface area contributed by atoms with Gasteiger partial charge in [-0.15, -0.1) is 11.8 Å². The van der Waals surface area contributed by atoms with Crippen LogP contribution in [0, 0.1) is 0 Å². The maximum absolute atomic E-state index is 11.0. The van der Waals surface area contributed by atoms with Crippen molar-refractivity contribution in [1.82, 2.24) is 0 Å². The van der Waals surface area contributed by atoms with E-state index >= 15 is 0 Å². The molecule has 1 atom stereocenters. The summed E-state index contributed by atoms with van der Waals surface area (Å²) in [7, 11) is 0. The summed E-state index contributed by atoms with van der Waals surface area (Å²) in [6.07, 6.45) is 0.0202. The Hall–Kier alpha value is -0.775. The van der Waals surface area contributed by atoms with Crippen LogP contribution in [-0.4, -0.2) is 25.0 Å². The van der Waals surface area contributed by atoms with Crippen LogP contribution in [0.3, 0.4) is 0 Å². The quantitative estimate of drug-likeness (QED) is 0.644. The Bertz CT molecular complexity index is 439. The van der Waals surface area contributed by atoms with Gasteiger partial charge in [-0.1, -0.05) is 19.0 Å². The third-order valence-electron chi connectivity index (χ3n) is 2.87. The molecular weight excluding hydrogens is 233 g/mol. The van der Waals surface area contributed by atoms with E-state index in [-0.39, 0.29) is 18.8 Å². The number of thioether (sulfide) groups is 1. The second-order valence-electron chi connectivity index (χ2n) is 4.28. The molecule has 0 aromatic heterocycles. The maximum atomic E-state index is 11.0. The second-order valence-corrected chi connectivity index (χ2v) is 5.33. The highest BCUT2D eigenvalue weighted by molar-refractivity contribution is 8.00. The van der Waals surface area contributed by atoms with Crippen LogP contribution in [0.15, 0.2) is 23.1 Å². The van der Waals surface area contributed by atoms with Gasteiger partial charge < -0.3 is 10.4 Å². The zero-order chi connectivity index (χ0) is 12.4. The normalized spacial score (nSPS) is 18.3. The number of nitrogens with two attached hydrogens (primary N) is 1. The number of hydrogen-bond donors (Lipinski definition) is 1. The number of Topliss-reactive ketones (excluding diaryl/α,β-unsaturated/α-hetero) is 1. The average Bonchev–Trinajstić information content (AvgIpc) is 2.63. The van der Waals surface area contributed by atoms with Crippen molar-refractivity contribution in [3.63, 3.8) is 0 Å². The van der Waals surface area contributed by atoms with Gasteiger partial charge in [0.2, 0.25) is 0 Å². The van der Waals surface area contributed by atoms with E-state index in [1.54, 1.807) is 18.7 Å². The van der Waals surface area contributed by atoms with E-state index in [0.29, 0.717) is 12.3 Å². The number of carbonyl (C=O) groups excluding carboxylic acids is 1. The lowest BCUT2D eigenvalue weighted by atomic mass is 9.64. The Morgan fingerprint density at radius 1 is 1.59 bits per heavy atom. The molecule has 1 aromatic rings. The molecule has 0 unspecified atom stereocenters. The molecule has 0 fully saturated rings. The lowest BCUT2D eigenvalue weighted by Gasteiger charge is -2.09. The second kappa shape index (κ2) is 5.25. The highest BCUT2D eigenvalue weighted by Gasteiger charge is 2.30. The number of hydrogen-bond acceptors (Lipinski definition) is 4. The SMILES string of the molecule is CB1O[C@H](CN)c2ccc(SCC(C)=O)cc21. The van der Waals surface area contributed by atoms with Crippen molar-refractivity contribution in [2.45, 2.75) is 24.7 Å². The first-order valence-electron chi connectivity index (χ1n) is 5.73. The predicted octanol–water partition coefficient (Wildman–Crippen LogP) is 1.23. The lowest BCUT2D eigenvalue weighted by Crippen LogP contribution is -2.24. The Balaban J connectivity index is 2.19. The van der Waals surface area contributed by atoms with E-state index in [9.17, 15) is 4.79 Å². The third-order valence-corrected chi connectivity index (χ3v) is 4.01. The molecule has 1 aliphatic rings. The fourth-order valence-electron chi connectivity index (χ4n) is 2.05. The topological polar surface area (TPSA) is 52.3 Å². The van der Waals surface area contributed by atoms with Crippen molar-refractivity contribution in [3.05, 3.63) is 23.8 Å². The summed E-state index contributed by atoms with van der Waals surface area (Å²) in [6, 6.07) is 6.22. The molecule has 2 rings (SSSR count). The Labute approximate surface area is 106 Å². The first-order chi connectivity index (χ1) is 8.11. The standard InChI is InChI=1S/C12H16BNO2S/c1-8(15)7-17-9-3-4-10-11(5-9)13(2)16-12(10)6-14/h3-5,12H,6-7,14H2,1-2H3/t12-/m1/s1. The predicted molar refractivity (Wildman–Crippen MR) is 72.0 cm³/mol. The van der Waals surface area contributed by atoms with E-state index in [4.69, 9.17) is 10.4 Å². The minimum atomic E-state index is 0.0202. The summed E-state index contributed by atoms with van der Waals surface area (Å²) in [5.41, 5.74) is 8.06. The van der Waals surface area contributed by atoms with Gasteiger partial charge in [0.05, 0.1) is 11.9 Å². The van der Waals surface area contributed by atoms with Gasteiger partial charge in [-0.05, 0) is 24.0 Å². The molecule has 0 aliphatic carbocycles. The van der Waals surface area contributed by atoms with Crippen molar-refractivity contribution < 1.29 is 9.45 Å². The van der Waals surface area contributed by atoms with Gasteiger partial charge in [-0.2, -0.15) is 0 Å². The first-order valence-corrected chi connectivity index (χ1v) is 6.72. The molecule has 3 nitrogen and oxygen atoms in total. The number of rotatable bonds is 4. The van der Waals surface area contributed by atoms with Gasteiger partial charge >= 0.3 is 6.92 Å². The molecule has 1 aliphatic heterocycles. The number of benzene rings is 1. The lowest BCUT2D eigenvalue weighted by molar-refractivity contribution is -0.114. The zero-order valence-corrected chi connectivity index (χ0v) is 10.9. The van der Waals surface area contributed by atoms with E-state index in [0.717, 1.165) is 4.90 Å². The van der Waals surface area contributed by atoms with Crippen LogP contribution in [0.1, 0.15) is 18.6 Å². The molecule has 0 amide bonds. The average molecular weight is 249 g/mol. The fourth-order valence-corrected chi connectivity index (χ4v) is 2.79. The highest BCUT2D eigenvalue weighted by atomic mass is 32.2. The molecule has 5 heteroatoms. The monoisotopic (exact) mass is 249 g/mol. The van der Waals surface area contributed by atoms with Crippen LogP contribution in [0.25, 0.3) is 0 Å². The first kappa shape index (κ1) is 12.7. The molecule has 0 saturated carbocycles. The summed E-state index contributed by atoms with van der Waals surface area (Å²) in [6.45, 7) is 4.25. The minimum absolute atomic E-state index is 0.0202. The van der Waals surface area contributed by atoms with Gasteiger partial charge in [0.15, 0.2) is 0 Å². The van der Waals surface area contributed by atoms with Crippen LogP contribution in [0.5, 0.6) is 0 Å². The number of ketones is 1. The van der Waals surface area contributed by atoms with Crippen LogP contribution in [-0.2, 0) is 9.45 Å². The molecule has 0 saturated heterocycles. The summed E-state index contributed by atoms with van der Waals surface area (Å²) in [4.78, 5) is 12.1. The maximum Gasteiger partial charge on any atom is 0.324 e. The van der Waals surface area contributed by atoms with Gasteiger partial charge in [0.1, 0.15) is 5.78 Å². The highest BCUT2D eigenvalue weighted by Crippen LogP contribution is 2.26. The minimum Gasteiger partial charge on any atom is -0.423 e. The summed E-state index contributed by atoms with van der Waals surface area (Å²) >= 11 is 1.57. The summed E-state index contributed by atoms with van der Waals surface area (Å²) in [5.74, 6) is 0.716. The number of carbonyl (C=O) groups is 1.